The van der Waals surface area contributed by atoms with Gasteiger partial charge in [-0.1, -0.05) is 48.5 Å². The number of hydrogen-bond donors (Lipinski definition) is 2. The van der Waals surface area contributed by atoms with Crippen molar-refractivity contribution in [1.82, 2.24) is 5.32 Å². The highest BCUT2D eigenvalue weighted by atomic mass is 16.5. The van der Waals surface area contributed by atoms with Gasteiger partial charge >= 0.3 is 12.1 Å². The molecule has 3 aliphatic rings. The molecule has 5 rings (SSSR count). The van der Waals surface area contributed by atoms with Crippen molar-refractivity contribution in [2.24, 2.45) is 11.3 Å². The van der Waals surface area contributed by atoms with Gasteiger partial charge in [-0.15, -0.1) is 0 Å². The Morgan fingerprint density at radius 2 is 1.65 bits per heavy atom. The van der Waals surface area contributed by atoms with Crippen LogP contribution in [0.4, 0.5) is 4.79 Å². The minimum atomic E-state index is -0.743. The topological polar surface area (TPSA) is 75.6 Å². The van der Waals surface area contributed by atoms with Gasteiger partial charge in [-0.25, -0.2) is 4.79 Å². The maximum absolute atomic E-state index is 12.2. The minimum Gasteiger partial charge on any atom is -0.481 e. The molecule has 5 nitrogen and oxygen atoms in total. The first-order chi connectivity index (χ1) is 12.6. The van der Waals surface area contributed by atoms with Gasteiger partial charge in [0.1, 0.15) is 6.61 Å². The van der Waals surface area contributed by atoms with Crippen molar-refractivity contribution in [2.75, 3.05) is 6.61 Å². The standard InChI is InChI=1S/C21H19NO4/c23-19(24)21-9-17(21)18(10-21)22-20(25)26-11-16-14-7-3-1-5-12(14)13-6-2-4-8-15(13)16/h1-8,16-18H,9-11H2,(H,22,25)(H,23,24)/t17-,18-,21-/m0/s1. The average Bonchev–Trinajstić information content (AvgIpc) is 3.14. The number of hydrogen-bond acceptors (Lipinski definition) is 3. The molecule has 0 bridgehead atoms. The SMILES string of the molecule is O=C(N[C@H]1C[C@@]2(C(=O)O)C[C@@H]12)OCC1c2ccccc2-c2ccccc21. The van der Waals surface area contributed by atoms with Crippen molar-refractivity contribution in [2.45, 2.75) is 24.8 Å². The number of ether oxygens (including phenoxy) is 1. The number of rotatable bonds is 4. The van der Waals surface area contributed by atoms with Crippen molar-refractivity contribution in [3.05, 3.63) is 59.7 Å². The molecule has 2 fully saturated rings. The summed E-state index contributed by atoms with van der Waals surface area (Å²) in [6, 6.07) is 16.3. The van der Waals surface area contributed by atoms with Crippen molar-refractivity contribution in [3.8, 4) is 11.1 Å². The smallest absolute Gasteiger partial charge is 0.407 e. The van der Waals surface area contributed by atoms with Crippen LogP contribution >= 0.6 is 0 Å². The zero-order valence-electron chi connectivity index (χ0n) is 14.1. The molecule has 0 spiro atoms. The average molecular weight is 349 g/mol. The van der Waals surface area contributed by atoms with Gasteiger partial charge in [-0.2, -0.15) is 0 Å². The molecule has 132 valence electrons. The second-order valence-electron chi connectivity index (χ2n) is 7.55. The molecule has 0 heterocycles. The van der Waals surface area contributed by atoms with Crippen LogP contribution < -0.4 is 5.32 Å². The Morgan fingerprint density at radius 3 is 2.19 bits per heavy atom. The van der Waals surface area contributed by atoms with E-state index in [2.05, 4.69) is 29.6 Å². The van der Waals surface area contributed by atoms with Gasteiger partial charge in [-0.05, 0) is 41.0 Å². The Bertz CT molecular complexity index is 878. The fraction of sp³-hybridized carbons (Fsp3) is 0.333. The number of amides is 1. The molecular formula is C21H19NO4. The normalized spacial score (nSPS) is 27.5. The maximum atomic E-state index is 12.2. The third-order valence-electron chi connectivity index (χ3n) is 6.28. The Morgan fingerprint density at radius 1 is 1.04 bits per heavy atom. The van der Waals surface area contributed by atoms with Gasteiger partial charge in [0.25, 0.3) is 0 Å². The van der Waals surface area contributed by atoms with E-state index < -0.39 is 17.5 Å². The van der Waals surface area contributed by atoms with Crippen LogP contribution in [-0.4, -0.2) is 29.8 Å². The highest BCUT2D eigenvalue weighted by Crippen LogP contribution is 2.67. The van der Waals surface area contributed by atoms with Crippen molar-refractivity contribution in [3.63, 3.8) is 0 Å². The number of nitrogens with one attached hydrogen (secondary N) is 1. The predicted octanol–water partition coefficient (Wildman–Crippen LogP) is 3.39. The number of aliphatic carboxylic acids is 1. The Labute approximate surface area is 151 Å². The van der Waals surface area contributed by atoms with E-state index >= 15 is 0 Å². The fourth-order valence-electron chi connectivity index (χ4n) is 4.75. The second-order valence-corrected chi connectivity index (χ2v) is 7.55. The monoisotopic (exact) mass is 349 g/mol. The number of alkyl carbamates (subject to hydrolysis) is 1. The molecule has 5 heteroatoms. The van der Waals surface area contributed by atoms with Crippen LogP contribution in [0.3, 0.4) is 0 Å². The zero-order valence-corrected chi connectivity index (χ0v) is 14.1. The van der Waals surface area contributed by atoms with Crippen LogP contribution in [0.1, 0.15) is 29.9 Å². The number of fused-ring (bicyclic) bond motifs is 4. The van der Waals surface area contributed by atoms with Crippen molar-refractivity contribution >= 4 is 12.1 Å². The molecular weight excluding hydrogens is 330 g/mol. The van der Waals surface area contributed by atoms with Crippen molar-refractivity contribution in [1.29, 1.82) is 0 Å². The Hall–Kier alpha value is -2.82. The summed E-state index contributed by atoms with van der Waals surface area (Å²) in [5.74, 6) is -0.637. The number of carbonyl (C=O) groups excluding carboxylic acids is 1. The van der Waals surface area contributed by atoms with Crippen LogP contribution in [-0.2, 0) is 9.53 Å². The summed E-state index contributed by atoms with van der Waals surface area (Å²) < 4.78 is 5.51. The van der Waals surface area contributed by atoms with E-state index in [1.54, 1.807) is 0 Å². The Kier molecular flexibility index (Phi) is 3.17. The van der Waals surface area contributed by atoms with Crippen LogP contribution in [0.25, 0.3) is 11.1 Å². The second kappa shape index (κ2) is 5.34. The molecule has 0 unspecified atom stereocenters. The first kappa shape index (κ1) is 15.4. The summed E-state index contributed by atoms with van der Waals surface area (Å²) in [5, 5.41) is 12.0. The van der Waals surface area contributed by atoms with Gasteiger partial charge in [0, 0.05) is 12.0 Å². The van der Waals surface area contributed by atoms with E-state index in [1.165, 1.54) is 22.3 Å². The van der Waals surface area contributed by atoms with E-state index in [0.717, 1.165) is 0 Å². The van der Waals surface area contributed by atoms with Crippen LogP contribution in [0.15, 0.2) is 48.5 Å². The quantitative estimate of drug-likeness (QED) is 0.887. The van der Waals surface area contributed by atoms with E-state index in [-0.39, 0.29) is 24.5 Å². The summed E-state index contributed by atoms with van der Waals surface area (Å²) in [6.45, 7) is 0.279. The summed E-state index contributed by atoms with van der Waals surface area (Å²) in [5.41, 5.74) is 4.18. The van der Waals surface area contributed by atoms with E-state index in [1.807, 2.05) is 24.3 Å². The lowest BCUT2D eigenvalue weighted by Gasteiger charge is -2.31. The molecule has 0 radical (unpaired) electrons. The molecule has 3 atom stereocenters. The van der Waals surface area contributed by atoms with Crippen LogP contribution in [0.5, 0.6) is 0 Å². The number of benzene rings is 2. The van der Waals surface area contributed by atoms with E-state index in [4.69, 9.17) is 4.74 Å². The van der Waals surface area contributed by atoms with Gasteiger partial charge < -0.3 is 15.2 Å². The summed E-state index contributed by atoms with van der Waals surface area (Å²) in [6.07, 6.45) is 0.719. The first-order valence-corrected chi connectivity index (χ1v) is 8.95. The summed E-state index contributed by atoms with van der Waals surface area (Å²) in [7, 11) is 0. The van der Waals surface area contributed by atoms with E-state index in [0.29, 0.717) is 12.8 Å². The van der Waals surface area contributed by atoms with E-state index in [9.17, 15) is 14.7 Å². The third kappa shape index (κ3) is 2.09. The van der Waals surface area contributed by atoms with Gasteiger partial charge in [0.2, 0.25) is 0 Å². The molecule has 2 aromatic carbocycles. The molecule has 2 N–H and O–H groups in total. The van der Waals surface area contributed by atoms with Crippen LogP contribution in [0.2, 0.25) is 0 Å². The lowest BCUT2D eigenvalue weighted by molar-refractivity contribution is -0.147. The van der Waals surface area contributed by atoms with Crippen molar-refractivity contribution < 1.29 is 19.4 Å². The molecule has 0 aliphatic heterocycles. The highest BCUT2D eigenvalue weighted by molar-refractivity contribution is 5.82. The Balaban J connectivity index is 1.25. The molecule has 2 saturated carbocycles. The molecule has 2 aromatic rings. The minimum absolute atomic E-state index is 0.0357. The van der Waals surface area contributed by atoms with Gasteiger partial charge in [0.15, 0.2) is 0 Å². The number of carbonyl (C=O) groups is 2. The predicted molar refractivity (Wildman–Crippen MR) is 94.8 cm³/mol. The largest absolute Gasteiger partial charge is 0.481 e. The number of carboxylic acids is 1. The maximum Gasteiger partial charge on any atom is 0.407 e. The number of carboxylic acid groups (broad SMARTS) is 1. The molecule has 0 saturated heterocycles. The highest BCUT2D eigenvalue weighted by Gasteiger charge is 2.72. The van der Waals surface area contributed by atoms with Gasteiger partial charge in [-0.3, -0.25) is 4.79 Å². The zero-order chi connectivity index (χ0) is 17.9. The molecule has 26 heavy (non-hydrogen) atoms. The lowest BCUT2D eigenvalue weighted by Crippen LogP contribution is -2.48. The lowest BCUT2D eigenvalue weighted by atomic mass is 9.80. The third-order valence-corrected chi connectivity index (χ3v) is 6.28. The summed E-state index contributed by atoms with van der Waals surface area (Å²) in [4.78, 5) is 23.4. The molecule has 3 aliphatic carbocycles. The molecule has 1 amide bonds. The first-order valence-electron chi connectivity index (χ1n) is 8.95. The fourth-order valence-corrected chi connectivity index (χ4v) is 4.75. The van der Waals surface area contributed by atoms with Gasteiger partial charge in [0.05, 0.1) is 5.41 Å². The summed E-state index contributed by atoms with van der Waals surface area (Å²) >= 11 is 0. The molecule has 0 aromatic heterocycles. The van der Waals surface area contributed by atoms with Crippen LogP contribution in [0, 0.1) is 11.3 Å².